The van der Waals surface area contributed by atoms with Gasteiger partial charge in [0.15, 0.2) is 0 Å². The molecule has 0 aliphatic heterocycles. The number of hydrogen-bond acceptors (Lipinski definition) is 1. The second-order valence-electron chi connectivity index (χ2n) is 3.78. The Morgan fingerprint density at radius 3 is 1.59 bits per heavy atom. The van der Waals surface area contributed by atoms with Crippen molar-refractivity contribution in [2.75, 3.05) is 0 Å². The number of benzene rings is 2. The van der Waals surface area contributed by atoms with Crippen LogP contribution < -0.4 is 0 Å². The van der Waals surface area contributed by atoms with Gasteiger partial charge in [0.1, 0.15) is 5.76 Å². The lowest BCUT2D eigenvalue weighted by atomic mass is 9.97. The lowest BCUT2D eigenvalue weighted by Crippen LogP contribution is -1.88. The van der Waals surface area contributed by atoms with Crippen molar-refractivity contribution >= 4 is 5.57 Å². The second kappa shape index (κ2) is 5.17. The molecule has 0 aliphatic carbocycles. The highest BCUT2D eigenvalue weighted by Crippen LogP contribution is 2.23. The molecule has 0 spiro atoms. The fourth-order valence-electron chi connectivity index (χ4n) is 1.74. The maximum atomic E-state index is 9.37. The van der Waals surface area contributed by atoms with E-state index in [4.69, 9.17) is 0 Å². The summed E-state index contributed by atoms with van der Waals surface area (Å²) in [4.78, 5) is 0. The molecule has 1 N–H and O–H groups in total. The van der Waals surface area contributed by atoms with Crippen LogP contribution in [0.3, 0.4) is 0 Å². The summed E-state index contributed by atoms with van der Waals surface area (Å²) in [6, 6.07) is 19.9. The van der Waals surface area contributed by atoms with Crippen molar-refractivity contribution in [2.24, 2.45) is 0 Å². The van der Waals surface area contributed by atoms with Gasteiger partial charge in [0.05, 0.1) is 0 Å². The van der Waals surface area contributed by atoms with Crippen LogP contribution in [0.4, 0.5) is 0 Å². The average molecular weight is 222 g/mol. The molecule has 0 amide bonds. The second-order valence-corrected chi connectivity index (χ2v) is 3.78. The summed E-state index contributed by atoms with van der Waals surface area (Å²) in [7, 11) is 0. The van der Waals surface area contributed by atoms with Crippen molar-refractivity contribution in [3.05, 3.63) is 90.2 Å². The number of hydrogen-bond donors (Lipinski definition) is 1. The molecule has 17 heavy (non-hydrogen) atoms. The van der Waals surface area contributed by atoms with E-state index in [1.54, 1.807) is 6.08 Å². The minimum absolute atomic E-state index is 0.0627. The minimum atomic E-state index is 0.0627. The molecule has 0 aromatic heterocycles. The van der Waals surface area contributed by atoms with Crippen molar-refractivity contribution in [3.63, 3.8) is 0 Å². The van der Waals surface area contributed by atoms with E-state index < -0.39 is 0 Å². The Hall–Kier alpha value is -2.28. The molecule has 2 aromatic carbocycles. The molecule has 0 atom stereocenters. The van der Waals surface area contributed by atoms with Gasteiger partial charge in [-0.3, -0.25) is 0 Å². The third-order valence-corrected chi connectivity index (χ3v) is 2.48. The summed E-state index contributed by atoms with van der Waals surface area (Å²) < 4.78 is 0. The zero-order chi connectivity index (χ0) is 12.1. The summed E-state index contributed by atoms with van der Waals surface area (Å²) in [5.74, 6) is 0.0627. The Kier molecular flexibility index (Phi) is 3.41. The van der Waals surface area contributed by atoms with Crippen LogP contribution in [0.5, 0.6) is 0 Å². The Bertz CT molecular complexity index is 482. The third-order valence-electron chi connectivity index (χ3n) is 2.48. The zero-order valence-electron chi connectivity index (χ0n) is 9.51. The molecule has 2 rings (SSSR count). The standard InChI is InChI=1S/C16H14O/c1-13(17)12-16(14-8-4-2-5-9-14)15-10-6-3-7-11-15/h2-12,17H,1H2. The monoisotopic (exact) mass is 222 g/mol. The van der Waals surface area contributed by atoms with E-state index in [0.29, 0.717) is 0 Å². The van der Waals surface area contributed by atoms with Crippen LogP contribution in [-0.2, 0) is 0 Å². The number of rotatable bonds is 3. The van der Waals surface area contributed by atoms with Gasteiger partial charge in [-0.05, 0) is 22.8 Å². The molecule has 0 saturated carbocycles. The molecule has 1 nitrogen and oxygen atoms in total. The predicted octanol–water partition coefficient (Wildman–Crippen LogP) is 4.19. The fraction of sp³-hybridized carbons (Fsp3) is 0. The summed E-state index contributed by atoms with van der Waals surface area (Å²) in [6.45, 7) is 3.53. The molecule has 0 bridgehead atoms. The summed E-state index contributed by atoms with van der Waals surface area (Å²) in [5.41, 5.74) is 3.10. The molecule has 1 heteroatoms. The average Bonchev–Trinajstić information content (AvgIpc) is 2.38. The van der Waals surface area contributed by atoms with Gasteiger partial charge in [0.25, 0.3) is 0 Å². The molecule has 0 aliphatic rings. The van der Waals surface area contributed by atoms with Gasteiger partial charge < -0.3 is 5.11 Å². The van der Waals surface area contributed by atoms with E-state index in [1.165, 1.54) is 0 Å². The van der Waals surface area contributed by atoms with Crippen LogP contribution in [0.15, 0.2) is 79.1 Å². The van der Waals surface area contributed by atoms with Crippen molar-refractivity contribution in [3.8, 4) is 0 Å². The molecule has 0 fully saturated rings. The molecule has 84 valence electrons. The maximum absolute atomic E-state index is 9.37. The highest BCUT2D eigenvalue weighted by Gasteiger charge is 2.04. The van der Waals surface area contributed by atoms with Crippen molar-refractivity contribution in [1.29, 1.82) is 0 Å². The first kappa shape index (κ1) is 11.2. The summed E-state index contributed by atoms with van der Waals surface area (Å²) in [5, 5.41) is 9.37. The van der Waals surface area contributed by atoms with Gasteiger partial charge >= 0.3 is 0 Å². The van der Waals surface area contributed by atoms with Crippen LogP contribution in [0.1, 0.15) is 11.1 Å². The topological polar surface area (TPSA) is 20.2 Å². The highest BCUT2D eigenvalue weighted by atomic mass is 16.3. The Labute approximate surface area is 101 Å². The van der Waals surface area contributed by atoms with E-state index in [2.05, 4.69) is 6.58 Å². The van der Waals surface area contributed by atoms with Crippen LogP contribution in [0, 0.1) is 0 Å². The highest BCUT2D eigenvalue weighted by molar-refractivity contribution is 5.80. The third kappa shape index (κ3) is 2.85. The van der Waals surface area contributed by atoms with Gasteiger partial charge in [0, 0.05) is 0 Å². The van der Waals surface area contributed by atoms with Gasteiger partial charge in [0.2, 0.25) is 0 Å². The lowest BCUT2D eigenvalue weighted by Gasteiger charge is -2.08. The van der Waals surface area contributed by atoms with E-state index in [9.17, 15) is 5.11 Å². The molecular formula is C16H14O. The first-order chi connectivity index (χ1) is 8.27. The van der Waals surface area contributed by atoms with Gasteiger partial charge in [-0.15, -0.1) is 0 Å². The van der Waals surface area contributed by atoms with Crippen molar-refractivity contribution < 1.29 is 5.11 Å². The normalized spacial score (nSPS) is 9.65. The van der Waals surface area contributed by atoms with Crippen LogP contribution in [-0.4, -0.2) is 5.11 Å². The van der Waals surface area contributed by atoms with E-state index in [0.717, 1.165) is 16.7 Å². The quantitative estimate of drug-likeness (QED) is 0.610. The van der Waals surface area contributed by atoms with Crippen LogP contribution >= 0.6 is 0 Å². The Morgan fingerprint density at radius 1 is 0.824 bits per heavy atom. The summed E-state index contributed by atoms with van der Waals surface area (Å²) in [6.07, 6.45) is 1.69. The van der Waals surface area contributed by atoms with E-state index in [1.807, 2.05) is 60.7 Å². The van der Waals surface area contributed by atoms with E-state index >= 15 is 0 Å². The molecular weight excluding hydrogens is 208 g/mol. The largest absolute Gasteiger partial charge is 0.509 e. The van der Waals surface area contributed by atoms with Gasteiger partial charge in [-0.1, -0.05) is 67.2 Å². The molecule has 2 aromatic rings. The van der Waals surface area contributed by atoms with Crippen LogP contribution in [0.2, 0.25) is 0 Å². The lowest BCUT2D eigenvalue weighted by molar-refractivity contribution is 0.435. The Balaban J connectivity index is 2.51. The Morgan fingerprint density at radius 2 is 1.24 bits per heavy atom. The summed E-state index contributed by atoms with van der Waals surface area (Å²) >= 11 is 0. The smallest absolute Gasteiger partial charge is 0.109 e. The van der Waals surface area contributed by atoms with Crippen molar-refractivity contribution in [2.45, 2.75) is 0 Å². The van der Waals surface area contributed by atoms with Crippen molar-refractivity contribution in [1.82, 2.24) is 0 Å². The molecule has 0 unspecified atom stereocenters. The predicted molar refractivity (Wildman–Crippen MR) is 71.7 cm³/mol. The molecule has 0 heterocycles. The fourth-order valence-corrected chi connectivity index (χ4v) is 1.74. The zero-order valence-corrected chi connectivity index (χ0v) is 9.51. The molecule has 0 saturated heterocycles. The maximum Gasteiger partial charge on any atom is 0.109 e. The molecule has 0 radical (unpaired) electrons. The SMILES string of the molecule is C=C(O)C=C(c1ccccc1)c1ccccc1. The van der Waals surface area contributed by atoms with Gasteiger partial charge in [-0.25, -0.2) is 0 Å². The number of allylic oxidation sites excluding steroid dienone is 1. The first-order valence-electron chi connectivity index (χ1n) is 5.48. The first-order valence-corrected chi connectivity index (χ1v) is 5.48. The van der Waals surface area contributed by atoms with Crippen LogP contribution in [0.25, 0.3) is 5.57 Å². The van der Waals surface area contributed by atoms with E-state index in [-0.39, 0.29) is 5.76 Å². The number of aliphatic hydroxyl groups is 1. The number of aliphatic hydroxyl groups excluding tert-OH is 1. The van der Waals surface area contributed by atoms with Gasteiger partial charge in [-0.2, -0.15) is 0 Å². The minimum Gasteiger partial charge on any atom is -0.509 e.